The Labute approximate surface area is 233 Å². The molecule has 5 rings (SSSR count). The summed E-state index contributed by atoms with van der Waals surface area (Å²) in [5.74, 6) is 0.367. The van der Waals surface area contributed by atoms with Gasteiger partial charge in [-0.1, -0.05) is 95.2 Å². The summed E-state index contributed by atoms with van der Waals surface area (Å²) >= 11 is 6.95. The van der Waals surface area contributed by atoms with Crippen LogP contribution in [0.25, 0.3) is 11.1 Å². The Balaban J connectivity index is 1.74. The number of rotatable bonds is 9. The largest absolute Gasteiger partial charge is 0.422 e. The first-order chi connectivity index (χ1) is 17.9. The lowest BCUT2D eigenvalue weighted by Gasteiger charge is -2.11. The van der Waals surface area contributed by atoms with Crippen LogP contribution in [0.15, 0.2) is 57.5 Å². The molecule has 0 bridgehead atoms. The zero-order valence-electron chi connectivity index (χ0n) is 21.0. The van der Waals surface area contributed by atoms with Gasteiger partial charge in [-0.05, 0) is 55.2 Å². The molecule has 0 aromatic heterocycles. The standard InChI is InChI=1S/C31H28Br2O4/c1-3-4-5-6-7-8-9-23-27-26(20-12-16-22(33)17-13-20)31(35)36-28(27)18(2)24-25(30(34)37-29(23)24)19-10-14-21(32)15-11-19/h10-17H,3-9H2,1-2H3. The molecule has 0 saturated heterocycles. The summed E-state index contributed by atoms with van der Waals surface area (Å²) < 4.78 is 13.8. The van der Waals surface area contributed by atoms with Crippen molar-refractivity contribution in [2.24, 2.45) is 0 Å². The molecule has 0 N–H and O–H groups in total. The van der Waals surface area contributed by atoms with Crippen molar-refractivity contribution in [3.05, 3.63) is 90.2 Å². The van der Waals surface area contributed by atoms with Crippen LogP contribution in [0.5, 0.6) is 11.5 Å². The number of esters is 2. The van der Waals surface area contributed by atoms with Crippen LogP contribution in [0, 0.1) is 6.92 Å². The number of carbonyl (C=O) groups excluding carboxylic acids is 2. The second-order valence-corrected chi connectivity index (χ2v) is 11.4. The fraction of sp³-hybridized carbons (Fsp3) is 0.290. The number of hydrogen-bond donors (Lipinski definition) is 0. The lowest BCUT2D eigenvalue weighted by Crippen LogP contribution is -2.21. The zero-order valence-corrected chi connectivity index (χ0v) is 24.1. The third kappa shape index (κ3) is 4.94. The van der Waals surface area contributed by atoms with Crippen LogP contribution in [0.1, 0.15) is 67.7 Å². The van der Waals surface area contributed by atoms with E-state index in [9.17, 15) is 9.59 Å². The van der Waals surface area contributed by atoms with E-state index < -0.39 is 0 Å². The molecule has 0 unspecified atom stereocenters. The Hall–Kier alpha value is -2.70. The van der Waals surface area contributed by atoms with Gasteiger partial charge in [-0.3, -0.25) is 0 Å². The van der Waals surface area contributed by atoms with Crippen molar-refractivity contribution in [3.8, 4) is 11.5 Å². The van der Waals surface area contributed by atoms with Gasteiger partial charge in [0.25, 0.3) is 0 Å². The van der Waals surface area contributed by atoms with Crippen LogP contribution in [0.2, 0.25) is 0 Å². The summed E-state index contributed by atoms with van der Waals surface area (Å²) in [6, 6.07) is 15.3. The molecule has 190 valence electrons. The van der Waals surface area contributed by atoms with E-state index in [4.69, 9.17) is 9.47 Å². The van der Waals surface area contributed by atoms with Gasteiger partial charge in [0.1, 0.15) is 11.5 Å². The van der Waals surface area contributed by atoms with Gasteiger partial charge in [-0.2, -0.15) is 0 Å². The Morgan fingerprint density at radius 3 is 1.70 bits per heavy atom. The number of carbonyl (C=O) groups is 2. The van der Waals surface area contributed by atoms with Crippen LogP contribution >= 0.6 is 31.9 Å². The number of benzene rings is 3. The minimum Gasteiger partial charge on any atom is -0.422 e. The number of ether oxygens (including phenoxy) is 2. The molecule has 2 aliphatic rings. The highest BCUT2D eigenvalue weighted by Gasteiger charge is 2.35. The van der Waals surface area contributed by atoms with Crippen LogP contribution in [0.3, 0.4) is 0 Å². The third-order valence-electron chi connectivity index (χ3n) is 7.09. The molecule has 0 radical (unpaired) electrons. The zero-order chi connectivity index (χ0) is 26.1. The summed E-state index contributed by atoms with van der Waals surface area (Å²) in [4.78, 5) is 26.5. The molecular weight excluding hydrogens is 596 g/mol. The van der Waals surface area contributed by atoms with Crippen molar-refractivity contribution in [2.45, 2.75) is 58.8 Å². The monoisotopic (exact) mass is 622 g/mol. The third-order valence-corrected chi connectivity index (χ3v) is 8.15. The Kier molecular flexibility index (Phi) is 7.68. The molecule has 4 nitrogen and oxygen atoms in total. The average Bonchev–Trinajstić information content (AvgIpc) is 3.41. The van der Waals surface area contributed by atoms with Crippen LogP contribution in [0.4, 0.5) is 0 Å². The van der Waals surface area contributed by atoms with Crippen molar-refractivity contribution >= 4 is 54.9 Å². The summed E-state index contributed by atoms with van der Waals surface area (Å²) in [7, 11) is 0. The van der Waals surface area contributed by atoms with E-state index in [1.807, 2.05) is 55.5 Å². The molecule has 0 fully saturated rings. The van der Waals surface area contributed by atoms with Gasteiger partial charge in [-0.15, -0.1) is 0 Å². The van der Waals surface area contributed by atoms with E-state index in [1.54, 1.807) is 0 Å². The fourth-order valence-corrected chi connectivity index (χ4v) is 5.78. The molecule has 3 aromatic carbocycles. The predicted octanol–water partition coefficient (Wildman–Crippen LogP) is 6.66. The van der Waals surface area contributed by atoms with Crippen LogP contribution in [-0.4, -0.2) is 11.9 Å². The highest BCUT2D eigenvalue weighted by Crippen LogP contribution is 2.34. The number of hydrogen-bond acceptors (Lipinski definition) is 4. The molecule has 0 atom stereocenters. The molecular formula is C31H28Br2O4. The summed E-state index contributed by atoms with van der Waals surface area (Å²) in [5.41, 5.74) is 4.25. The lowest BCUT2D eigenvalue weighted by atomic mass is 9.92. The number of unbranched alkanes of at least 4 members (excludes halogenated alkanes) is 5. The maximum atomic E-state index is 13.3. The minimum absolute atomic E-state index is 0.371. The SMILES string of the molecule is CCCCCCCCc1c2c(c(C)c3c1=C(c1ccc(Br)cc1)C(=O)O3)=C(c1ccc(Br)cc1)C(=O)O2. The van der Waals surface area contributed by atoms with Crippen molar-refractivity contribution in [3.63, 3.8) is 0 Å². The van der Waals surface area contributed by atoms with Crippen LogP contribution < -0.4 is 19.9 Å². The first-order valence-corrected chi connectivity index (χ1v) is 14.4. The molecule has 2 heterocycles. The van der Waals surface area contributed by atoms with Gasteiger partial charge in [0.05, 0.1) is 11.1 Å². The molecule has 37 heavy (non-hydrogen) atoms. The number of halogens is 2. The topological polar surface area (TPSA) is 52.6 Å². The van der Waals surface area contributed by atoms with E-state index in [0.717, 1.165) is 54.5 Å². The molecule has 0 amide bonds. The van der Waals surface area contributed by atoms with E-state index in [0.29, 0.717) is 29.1 Å². The summed E-state index contributed by atoms with van der Waals surface area (Å²) in [6.07, 6.45) is 7.55. The number of fused-ring (bicyclic) bond motifs is 2. The Morgan fingerprint density at radius 1 is 0.649 bits per heavy atom. The fourth-order valence-electron chi connectivity index (χ4n) is 5.25. The predicted molar refractivity (Wildman–Crippen MR) is 152 cm³/mol. The minimum atomic E-state index is -0.371. The summed E-state index contributed by atoms with van der Waals surface area (Å²) in [5, 5.41) is 1.50. The van der Waals surface area contributed by atoms with Crippen molar-refractivity contribution in [1.29, 1.82) is 0 Å². The molecule has 6 heteroatoms. The molecule has 0 aliphatic carbocycles. The maximum Gasteiger partial charge on any atom is 0.344 e. The molecule has 0 saturated carbocycles. The second-order valence-electron chi connectivity index (χ2n) is 9.57. The highest BCUT2D eigenvalue weighted by atomic mass is 79.9. The summed E-state index contributed by atoms with van der Waals surface area (Å²) in [6.45, 7) is 4.12. The highest BCUT2D eigenvalue weighted by molar-refractivity contribution is 9.10. The first-order valence-electron chi connectivity index (χ1n) is 12.8. The van der Waals surface area contributed by atoms with Crippen molar-refractivity contribution < 1.29 is 19.1 Å². The smallest absolute Gasteiger partial charge is 0.344 e. The van der Waals surface area contributed by atoms with E-state index in [2.05, 4.69) is 38.8 Å². The Bertz CT molecular complexity index is 1500. The van der Waals surface area contributed by atoms with E-state index in [1.165, 1.54) is 25.7 Å². The van der Waals surface area contributed by atoms with Gasteiger partial charge in [-0.25, -0.2) is 9.59 Å². The Morgan fingerprint density at radius 2 is 1.14 bits per heavy atom. The van der Waals surface area contributed by atoms with E-state index >= 15 is 0 Å². The lowest BCUT2D eigenvalue weighted by molar-refractivity contribution is -0.128. The van der Waals surface area contributed by atoms with Gasteiger partial charge in [0.15, 0.2) is 0 Å². The van der Waals surface area contributed by atoms with E-state index in [-0.39, 0.29) is 11.9 Å². The van der Waals surface area contributed by atoms with Gasteiger partial charge < -0.3 is 9.47 Å². The van der Waals surface area contributed by atoms with Gasteiger partial charge in [0, 0.05) is 30.5 Å². The second kappa shape index (κ2) is 11.0. The molecule has 3 aromatic rings. The van der Waals surface area contributed by atoms with Crippen LogP contribution in [-0.2, 0) is 16.0 Å². The van der Waals surface area contributed by atoms with Crippen molar-refractivity contribution in [1.82, 2.24) is 0 Å². The average molecular weight is 624 g/mol. The molecule has 0 spiro atoms. The van der Waals surface area contributed by atoms with Gasteiger partial charge in [0.2, 0.25) is 0 Å². The van der Waals surface area contributed by atoms with Gasteiger partial charge >= 0.3 is 11.9 Å². The normalized spacial score (nSPS) is 14.1. The van der Waals surface area contributed by atoms with Crippen molar-refractivity contribution in [2.75, 3.05) is 0 Å². The maximum absolute atomic E-state index is 13.3. The molecule has 2 aliphatic heterocycles. The first kappa shape index (κ1) is 25.9. The quantitative estimate of drug-likeness (QED) is 0.152.